The van der Waals surface area contributed by atoms with E-state index in [4.69, 9.17) is 0 Å². The Morgan fingerprint density at radius 2 is 1.88 bits per heavy atom. The Hall–Kier alpha value is -1.88. The first-order chi connectivity index (χ1) is 11.6. The van der Waals surface area contributed by atoms with Gasteiger partial charge in [-0.3, -0.25) is 9.59 Å². The maximum atomic E-state index is 12.8. The lowest BCUT2D eigenvalue weighted by Gasteiger charge is -2.32. The Bertz CT molecular complexity index is 619. The van der Waals surface area contributed by atoms with Crippen LogP contribution in [-0.4, -0.2) is 40.5 Å². The molecule has 1 aromatic rings. The summed E-state index contributed by atoms with van der Waals surface area (Å²) in [5.74, 6) is -0.490. The number of nitrogens with zero attached hydrogens (tertiary/aromatic N) is 1. The average molecular weight is 346 g/mol. The van der Waals surface area contributed by atoms with E-state index in [9.17, 15) is 14.7 Å². The van der Waals surface area contributed by atoms with Gasteiger partial charge in [-0.2, -0.15) is 0 Å². The minimum absolute atomic E-state index is 0.0699. The number of aliphatic hydroxyl groups excluding tert-OH is 1. The van der Waals surface area contributed by atoms with Crippen LogP contribution in [-0.2, 0) is 16.1 Å². The first kappa shape index (κ1) is 19.4. The van der Waals surface area contributed by atoms with Gasteiger partial charge in [0.2, 0.25) is 11.8 Å². The number of benzene rings is 1. The molecule has 0 radical (unpaired) electrons. The fraction of sp³-hybridized carbons (Fsp3) is 0.600. The molecule has 2 N–H and O–H groups in total. The molecule has 5 heteroatoms. The van der Waals surface area contributed by atoms with E-state index < -0.39 is 12.1 Å². The van der Waals surface area contributed by atoms with E-state index in [0.717, 1.165) is 5.56 Å². The van der Waals surface area contributed by atoms with Gasteiger partial charge in [-0.15, -0.1) is 0 Å². The highest BCUT2D eigenvalue weighted by Gasteiger charge is 2.42. The van der Waals surface area contributed by atoms with Crippen LogP contribution in [0.15, 0.2) is 24.3 Å². The minimum atomic E-state index is -0.647. The highest BCUT2D eigenvalue weighted by atomic mass is 16.3. The quantitative estimate of drug-likeness (QED) is 0.878. The third-order valence-corrected chi connectivity index (χ3v) is 5.12. The van der Waals surface area contributed by atoms with E-state index in [0.29, 0.717) is 13.0 Å². The fourth-order valence-corrected chi connectivity index (χ4v) is 2.94. The van der Waals surface area contributed by atoms with Gasteiger partial charge in [-0.05, 0) is 17.9 Å². The molecule has 1 heterocycles. The van der Waals surface area contributed by atoms with E-state index in [1.54, 1.807) is 4.90 Å². The van der Waals surface area contributed by atoms with Crippen LogP contribution < -0.4 is 5.32 Å². The summed E-state index contributed by atoms with van der Waals surface area (Å²) in [7, 11) is 0. The zero-order valence-corrected chi connectivity index (χ0v) is 15.9. The van der Waals surface area contributed by atoms with Crippen molar-refractivity contribution in [3.63, 3.8) is 0 Å². The molecule has 2 rings (SSSR count). The van der Waals surface area contributed by atoms with Crippen LogP contribution in [0.3, 0.4) is 0 Å². The molecular formula is C20H30N2O3. The van der Waals surface area contributed by atoms with E-state index >= 15 is 0 Å². The topological polar surface area (TPSA) is 69.6 Å². The maximum absolute atomic E-state index is 12.8. The second-order valence-corrected chi connectivity index (χ2v) is 8.19. The second-order valence-electron chi connectivity index (χ2n) is 8.19. The van der Waals surface area contributed by atoms with Gasteiger partial charge in [0.05, 0.1) is 6.10 Å². The Labute approximate surface area is 150 Å². The summed E-state index contributed by atoms with van der Waals surface area (Å²) in [6, 6.07) is 7.36. The van der Waals surface area contributed by atoms with Gasteiger partial charge in [0.1, 0.15) is 6.04 Å². The van der Waals surface area contributed by atoms with Crippen molar-refractivity contribution in [1.29, 1.82) is 0 Å². The number of amides is 2. The lowest BCUT2D eigenvalue weighted by Crippen LogP contribution is -2.49. The first-order valence-corrected chi connectivity index (χ1v) is 8.91. The SMILES string of the molecule is Cc1ccc(CNC(=O)[C@@H]2C[C@@H](O)CN2C(=O)[C@@H](C)C(C)(C)C)cc1. The van der Waals surface area contributed by atoms with Crippen LogP contribution >= 0.6 is 0 Å². The van der Waals surface area contributed by atoms with E-state index in [1.165, 1.54) is 5.56 Å². The number of carbonyl (C=O) groups excluding carboxylic acids is 2. The molecule has 0 unspecified atom stereocenters. The van der Waals surface area contributed by atoms with Crippen LogP contribution in [0.25, 0.3) is 0 Å². The molecule has 1 aliphatic heterocycles. The van der Waals surface area contributed by atoms with Gasteiger partial charge < -0.3 is 15.3 Å². The molecule has 25 heavy (non-hydrogen) atoms. The maximum Gasteiger partial charge on any atom is 0.243 e. The zero-order chi connectivity index (χ0) is 18.8. The van der Waals surface area contributed by atoms with Crippen molar-refractivity contribution in [1.82, 2.24) is 10.2 Å². The summed E-state index contributed by atoms with van der Waals surface area (Å²) in [5.41, 5.74) is 1.99. The summed E-state index contributed by atoms with van der Waals surface area (Å²) >= 11 is 0. The van der Waals surface area contributed by atoms with Crippen LogP contribution in [0.1, 0.15) is 45.2 Å². The Morgan fingerprint density at radius 3 is 2.44 bits per heavy atom. The third kappa shape index (κ3) is 4.82. The zero-order valence-electron chi connectivity index (χ0n) is 15.9. The van der Waals surface area contributed by atoms with Gasteiger partial charge in [0.25, 0.3) is 0 Å². The molecule has 0 aliphatic carbocycles. The Morgan fingerprint density at radius 1 is 1.28 bits per heavy atom. The molecule has 1 aromatic carbocycles. The molecule has 1 saturated heterocycles. The van der Waals surface area contributed by atoms with Crippen molar-refractivity contribution in [3.8, 4) is 0 Å². The molecule has 2 amide bonds. The smallest absolute Gasteiger partial charge is 0.243 e. The molecule has 3 atom stereocenters. The third-order valence-electron chi connectivity index (χ3n) is 5.12. The number of rotatable bonds is 4. The monoisotopic (exact) mass is 346 g/mol. The minimum Gasteiger partial charge on any atom is -0.391 e. The summed E-state index contributed by atoms with van der Waals surface area (Å²) in [5, 5.41) is 12.9. The van der Waals surface area contributed by atoms with Gasteiger partial charge in [-0.25, -0.2) is 0 Å². The van der Waals surface area contributed by atoms with Crippen molar-refractivity contribution in [2.24, 2.45) is 11.3 Å². The predicted octanol–water partition coefficient (Wildman–Crippen LogP) is 2.26. The van der Waals surface area contributed by atoms with Gasteiger partial charge in [-0.1, -0.05) is 57.5 Å². The van der Waals surface area contributed by atoms with Crippen molar-refractivity contribution in [2.75, 3.05) is 6.54 Å². The van der Waals surface area contributed by atoms with Crippen molar-refractivity contribution >= 4 is 11.8 Å². The van der Waals surface area contributed by atoms with Crippen LogP contribution in [0.5, 0.6) is 0 Å². The molecular weight excluding hydrogens is 316 g/mol. The summed E-state index contributed by atoms with van der Waals surface area (Å²) in [4.78, 5) is 26.9. The van der Waals surface area contributed by atoms with E-state index in [1.807, 2.05) is 58.9 Å². The molecule has 1 fully saturated rings. The molecule has 138 valence electrons. The number of hydrogen-bond donors (Lipinski definition) is 2. The first-order valence-electron chi connectivity index (χ1n) is 8.91. The number of hydrogen-bond acceptors (Lipinski definition) is 3. The normalized spacial score (nSPS) is 21.9. The van der Waals surface area contributed by atoms with E-state index in [2.05, 4.69) is 5.32 Å². The van der Waals surface area contributed by atoms with Crippen LogP contribution in [0, 0.1) is 18.3 Å². The van der Waals surface area contributed by atoms with Crippen LogP contribution in [0.2, 0.25) is 0 Å². The van der Waals surface area contributed by atoms with Crippen molar-refractivity contribution in [3.05, 3.63) is 35.4 Å². The molecule has 0 saturated carbocycles. The van der Waals surface area contributed by atoms with Crippen molar-refractivity contribution in [2.45, 2.75) is 59.7 Å². The lowest BCUT2D eigenvalue weighted by molar-refractivity contribution is -0.144. The second kappa shape index (κ2) is 7.56. The van der Waals surface area contributed by atoms with E-state index in [-0.39, 0.29) is 29.7 Å². The summed E-state index contributed by atoms with van der Waals surface area (Å²) in [6.45, 7) is 10.6. The van der Waals surface area contributed by atoms with Gasteiger partial charge >= 0.3 is 0 Å². The number of nitrogens with one attached hydrogen (secondary N) is 1. The highest BCUT2D eigenvalue weighted by Crippen LogP contribution is 2.30. The number of β-amino-alcohol motifs (C(OH)–C–C–N with tert-alkyl or cyclic N) is 1. The molecule has 0 bridgehead atoms. The number of aliphatic hydroxyl groups is 1. The van der Waals surface area contributed by atoms with Crippen molar-refractivity contribution < 1.29 is 14.7 Å². The lowest BCUT2D eigenvalue weighted by atomic mass is 9.81. The molecule has 5 nitrogen and oxygen atoms in total. The summed E-state index contributed by atoms with van der Waals surface area (Å²) in [6.07, 6.45) is -0.353. The Balaban J connectivity index is 2.03. The van der Waals surface area contributed by atoms with Crippen LogP contribution in [0.4, 0.5) is 0 Å². The predicted molar refractivity (Wildman–Crippen MR) is 97.8 cm³/mol. The molecule has 0 spiro atoms. The molecule has 0 aromatic heterocycles. The standard InChI is InChI=1S/C20H30N2O3/c1-13-6-8-15(9-7-13)11-21-18(24)17-10-16(23)12-22(17)19(25)14(2)20(3,4)5/h6-9,14,16-17,23H,10-12H2,1-5H3,(H,21,24)/t14-,16-,17+/m1/s1. The highest BCUT2D eigenvalue weighted by molar-refractivity contribution is 5.89. The number of likely N-dealkylation sites (tertiary alicyclic amines) is 1. The van der Waals surface area contributed by atoms with Gasteiger partial charge in [0.15, 0.2) is 0 Å². The largest absolute Gasteiger partial charge is 0.391 e. The fourth-order valence-electron chi connectivity index (χ4n) is 2.94. The number of aryl methyl sites for hydroxylation is 1. The summed E-state index contributed by atoms with van der Waals surface area (Å²) < 4.78 is 0. The van der Waals surface area contributed by atoms with Gasteiger partial charge in [0, 0.05) is 25.4 Å². The average Bonchev–Trinajstić information content (AvgIpc) is 2.93. The molecule has 1 aliphatic rings. The number of carbonyl (C=O) groups is 2. The Kier molecular flexibility index (Phi) is 5.88.